The van der Waals surface area contributed by atoms with Crippen molar-refractivity contribution in [1.82, 2.24) is 5.32 Å². The van der Waals surface area contributed by atoms with Crippen LogP contribution in [0.15, 0.2) is 22.8 Å². The molecular weight excluding hydrogens is 190 g/mol. The smallest absolute Gasteiger partial charge is 0.120 e. The highest BCUT2D eigenvalue weighted by atomic mass is 16.5. The van der Waals surface area contributed by atoms with Gasteiger partial charge in [0, 0.05) is 6.54 Å². The van der Waals surface area contributed by atoms with Gasteiger partial charge in [-0.15, -0.1) is 0 Å². The van der Waals surface area contributed by atoms with Crippen LogP contribution in [0.1, 0.15) is 39.0 Å². The Morgan fingerprint density at radius 3 is 2.87 bits per heavy atom. The Labute approximate surface area is 91.8 Å². The van der Waals surface area contributed by atoms with Crippen molar-refractivity contribution in [2.24, 2.45) is 0 Å². The summed E-state index contributed by atoms with van der Waals surface area (Å²) < 4.78 is 10.9. The molecule has 0 aliphatic rings. The fraction of sp³-hybridized carbons (Fsp3) is 0.667. The minimum absolute atomic E-state index is 0.250. The zero-order valence-electron chi connectivity index (χ0n) is 9.82. The van der Waals surface area contributed by atoms with Crippen LogP contribution in [0.25, 0.3) is 0 Å². The standard InChI is InChI=1S/C12H21NO2/c1-4-10(2)14-9-7-13-11(3)12-6-5-8-15-12/h5-6,8,10-11,13H,4,7,9H2,1-3H3. The molecule has 0 saturated heterocycles. The molecule has 1 N–H and O–H groups in total. The van der Waals surface area contributed by atoms with Crippen LogP contribution < -0.4 is 5.32 Å². The first kappa shape index (κ1) is 12.3. The summed E-state index contributed by atoms with van der Waals surface area (Å²) in [5, 5.41) is 3.35. The normalized spacial score (nSPS) is 15.1. The van der Waals surface area contributed by atoms with Crippen molar-refractivity contribution in [3.63, 3.8) is 0 Å². The first-order valence-electron chi connectivity index (χ1n) is 5.62. The van der Waals surface area contributed by atoms with Crippen molar-refractivity contribution in [3.05, 3.63) is 24.2 Å². The van der Waals surface area contributed by atoms with Gasteiger partial charge in [-0.05, 0) is 32.4 Å². The maximum absolute atomic E-state index is 5.57. The van der Waals surface area contributed by atoms with E-state index in [0.29, 0.717) is 6.10 Å². The molecule has 15 heavy (non-hydrogen) atoms. The Balaban J connectivity index is 2.10. The summed E-state index contributed by atoms with van der Waals surface area (Å²) >= 11 is 0. The van der Waals surface area contributed by atoms with Gasteiger partial charge in [0.1, 0.15) is 5.76 Å². The molecule has 1 rings (SSSR count). The number of hydrogen-bond acceptors (Lipinski definition) is 3. The van der Waals surface area contributed by atoms with Gasteiger partial charge in [-0.25, -0.2) is 0 Å². The number of nitrogens with one attached hydrogen (secondary N) is 1. The number of hydrogen-bond donors (Lipinski definition) is 1. The highest BCUT2D eigenvalue weighted by Crippen LogP contribution is 2.11. The molecule has 3 heteroatoms. The largest absolute Gasteiger partial charge is 0.468 e. The van der Waals surface area contributed by atoms with Crippen LogP contribution >= 0.6 is 0 Å². The minimum Gasteiger partial charge on any atom is -0.468 e. The van der Waals surface area contributed by atoms with Gasteiger partial charge >= 0.3 is 0 Å². The zero-order valence-corrected chi connectivity index (χ0v) is 9.82. The van der Waals surface area contributed by atoms with Crippen molar-refractivity contribution in [3.8, 4) is 0 Å². The SMILES string of the molecule is CCC(C)OCCNC(C)c1ccco1. The van der Waals surface area contributed by atoms with Gasteiger partial charge in [0.15, 0.2) is 0 Å². The van der Waals surface area contributed by atoms with E-state index in [1.54, 1.807) is 6.26 Å². The Morgan fingerprint density at radius 1 is 1.47 bits per heavy atom. The predicted octanol–water partition coefficient (Wildman–Crippen LogP) is 2.75. The quantitative estimate of drug-likeness (QED) is 0.704. The molecular formula is C12H21NO2. The lowest BCUT2D eigenvalue weighted by Gasteiger charge is -2.13. The van der Waals surface area contributed by atoms with E-state index in [-0.39, 0.29) is 6.04 Å². The van der Waals surface area contributed by atoms with Crippen LogP contribution in [-0.4, -0.2) is 19.3 Å². The fourth-order valence-corrected chi connectivity index (χ4v) is 1.29. The Kier molecular flexibility index (Phi) is 5.43. The van der Waals surface area contributed by atoms with Gasteiger partial charge < -0.3 is 14.5 Å². The number of rotatable bonds is 7. The topological polar surface area (TPSA) is 34.4 Å². The van der Waals surface area contributed by atoms with Crippen LogP contribution in [-0.2, 0) is 4.74 Å². The fourth-order valence-electron chi connectivity index (χ4n) is 1.29. The maximum atomic E-state index is 5.57. The third-order valence-corrected chi connectivity index (χ3v) is 2.50. The molecule has 0 amide bonds. The minimum atomic E-state index is 0.250. The lowest BCUT2D eigenvalue weighted by atomic mass is 10.2. The second-order valence-corrected chi connectivity index (χ2v) is 3.78. The number of furan rings is 1. The molecule has 2 atom stereocenters. The molecule has 1 aromatic rings. The van der Waals surface area contributed by atoms with Crippen molar-refractivity contribution in [2.75, 3.05) is 13.2 Å². The molecule has 0 aliphatic heterocycles. The molecule has 0 aromatic carbocycles. The Morgan fingerprint density at radius 2 is 2.27 bits per heavy atom. The zero-order chi connectivity index (χ0) is 11.1. The van der Waals surface area contributed by atoms with Gasteiger partial charge in [-0.3, -0.25) is 0 Å². The Hall–Kier alpha value is -0.800. The van der Waals surface area contributed by atoms with E-state index in [1.165, 1.54) is 0 Å². The van der Waals surface area contributed by atoms with Crippen LogP contribution in [0.2, 0.25) is 0 Å². The average Bonchev–Trinajstić information content (AvgIpc) is 2.77. The first-order valence-corrected chi connectivity index (χ1v) is 5.62. The summed E-state index contributed by atoms with van der Waals surface area (Å²) in [5.74, 6) is 0.971. The molecule has 0 saturated carbocycles. The summed E-state index contributed by atoms with van der Waals surface area (Å²) in [6.45, 7) is 7.91. The van der Waals surface area contributed by atoms with E-state index in [0.717, 1.165) is 25.3 Å². The lowest BCUT2D eigenvalue weighted by molar-refractivity contribution is 0.0642. The van der Waals surface area contributed by atoms with E-state index in [9.17, 15) is 0 Å². The molecule has 3 nitrogen and oxygen atoms in total. The van der Waals surface area contributed by atoms with Gasteiger partial charge in [-0.1, -0.05) is 6.92 Å². The van der Waals surface area contributed by atoms with Gasteiger partial charge in [0.05, 0.1) is 25.0 Å². The molecule has 0 bridgehead atoms. The maximum Gasteiger partial charge on any atom is 0.120 e. The molecule has 0 aliphatic carbocycles. The van der Waals surface area contributed by atoms with Crippen LogP contribution in [0.5, 0.6) is 0 Å². The molecule has 0 fully saturated rings. The van der Waals surface area contributed by atoms with Crippen LogP contribution in [0.3, 0.4) is 0 Å². The van der Waals surface area contributed by atoms with E-state index in [4.69, 9.17) is 9.15 Å². The van der Waals surface area contributed by atoms with Crippen molar-refractivity contribution >= 4 is 0 Å². The summed E-state index contributed by atoms with van der Waals surface area (Å²) in [5.41, 5.74) is 0. The lowest BCUT2D eigenvalue weighted by Crippen LogP contribution is -2.24. The molecule has 1 aromatic heterocycles. The molecule has 2 unspecified atom stereocenters. The summed E-state index contributed by atoms with van der Waals surface area (Å²) in [6.07, 6.45) is 3.11. The van der Waals surface area contributed by atoms with E-state index >= 15 is 0 Å². The first-order chi connectivity index (χ1) is 7.24. The van der Waals surface area contributed by atoms with Crippen molar-refractivity contribution < 1.29 is 9.15 Å². The highest BCUT2D eigenvalue weighted by Gasteiger charge is 2.06. The third kappa shape index (κ3) is 4.49. The Bertz CT molecular complexity index is 246. The second-order valence-electron chi connectivity index (χ2n) is 3.78. The van der Waals surface area contributed by atoms with Crippen molar-refractivity contribution in [1.29, 1.82) is 0 Å². The van der Waals surface area contributed by atoms with Gasteiger partial charge in [-0.2, -0.15) is 0 Å². The second kappa shape index (κ2) is 6.64. The molecule has 86 valence electrons. The summed E-state index contributed by atoms with van der Waals surface area (Å²) in [7, 11) is 0. The third-order valence-electron chi connectivity index (χ3n) is 2.50. The van der Waals surface area contributed by atoms with E-state index in [1.807, 2.05) is 12.1 Å². The number of ether oxygens (including phenoxy) is 1. The molecule has 0 radical (unpaired) electrons. The average molecular weight is 211 g/mol. The molecule has 1 heterocycles. The van der Waals surface area contributed by atoms with Gasteiger partial charge in [0.2, 0.25) is 0 Å². The van der Waals surface area contributed by atoms with Crippen LogP contribution in [0, 0.1) is 0 Å². The van der Waals surface area contributed by atoms with Crippen molar-refractivity contribution in [2.45, 2.75) is 39.3 Å². The predicted molar refractivity (Wildman–Crippen MR) is 60.8 cm³/mol. The molecule has 0 spiro atoms. The van der Waals surface area contributed by atoms with Gasteiger partial charge in [0.25, 0.3) is 0 Å². The summed E-state index contributed by atoms with van der Waals surface area (Å²) in [4.78, 5) is 0. The highest BCUT2D eigenvalue weighted by molar-refractivity contribution is 5.02. The van der Waals surface area contributed by atoms with E-state index in [2.05, 4.69) is 26.1 Å². The summed E-state index contributed by atoms with van der Waals surface area (Å²) in [6, 6.07) is 4.14. The monoisotopic (exact) mass is 211 g/mol. The van der Waals surface area contributed by atoms with E-state index < -0.39 is 0 Å². The van der Waals surface area contributed by atoms with Crippen LogP contribution in [0.4, 0.5) is 0 Å².